The summed E-state index contributed by atoms with van der Waals surface area (Å²) in [6.45, 7) is 6.70. The molecule has 2 aliphatic rings. The molecule has 2 bridgehead atoms. The van der Waals surface area contributed by atoms with Gasteiger partial charge in [0.25, 0.3) is 0 Å². The van der Waals surface area contributed by atoms with Crippen molar-refractivity contribution in [1.29, 1.82) is 0 Å². The number of nitrogens with one attached hydrogen (secondary N) is 2. The summed E-state index contributed by atoms with van der Waals surface area (Å²) in [4.78, 5) is 2.27. The van der Waals surface area contributed by atoms with Crippen molar-refractivity contribution in [2.75, 3.05) is 11.9 Å². The molecule has 3 N–H and O–H groups in total. The summed E-state index contributed by atoms with van der Waals surface area (Å²) < 4.78 is 0. The van der Waals surface area contributed by atoms with E-state index in [0.717, 1.165) is 35.3 Å². The van der Waals surface area contributed by atoms with Crippen LogP contribution in [0.4, 0.5) is 5.82 Å². The van der Waals surface area contributed by atoms with Gasteiger partial charge in [0.2, 0.25) is 0 Å². The van der Waals surface area contributed by atoms with Crippen LogP contribution in [-0.2, 0) is 0 Å². The maximum absolute atomic E-state index is 10.7. The Kier molecular flexibility index (Phi) is 4.55. The van der Waals surface area contributed by atoms with E-state index in [1.165, 1.54) is 12.8 Å². The van der Waals surface area contributed by atoms with E-state index in [-0.39, 0.29) is 16.8 Å². The molecule has 0 unspecified atom stereocenters. The van der Waals surface area contributed by atoms with Gasteiger partial charge in [0.1, 0.15) is 5.75 Å². The second-order valence-corrected chi connectivity index (χ2v) is 9.87. The average Bonchev–Trinajstić information content (AvgIpc) is 3.34. The van der Waals surface area contributed by atoms with Crippen molar-refractivity contribution in [1.82, 2.24) is 25.7 Å². The summed E-state index contributed by atoms with van der Waals surface area (Å²) in [5, 5.41) is 30.3. The van der Waals surface area contributed by atoms with Crippen LogP contribution in [0.5, 0.6) is 5.75 Å². The van der Waals surface area contributed by atoms with E-state index in [0.29, 0.717) is 17.3 Å². The van der Waals surface area contributed by atoms with Crippen molar-refractivity contribution >= 4 is 5.82 Å². The van der Waals surface area contributed by atoms with Crippen molar-refractivity contribution in [3.8, 4) is 28.1 Å². The van der Waals surface area contributed by atoms with Gasteiger partial charge in [-0.2, -0.15) is 5.10 Å². The van der Waals surface area contributed by atoms with Crippen LogP contribution in [0, 0.1) is 6.92 Å². The molecule has 2 aliphatic heterocycles. The van der Waals surface area contributed by atoms with E-state index in [2.05, 4.69) is 51.5 Å². The van der Waals surface area contributed by atoms with Crippen molar-refractivity contribution in [2.45, 2.75) is 63.6 Å². The molecule has 0 amide bonds. The predicted molar refractivity (Wildman–Crippen MR) is 122 cm³/mol. The maximum Gasteiger partial charge on any atom is 0.151 e. The molecule has 4 heterocycles. The fourth-order valence-electron chi connectivity index (χ4n) is 5.55. The SMILES string of the molecule is Cc1cc(-c2ccc(N(C)[C@@H]3C[C@]4(C)CC[C@](C)(C3)N4)nn2)c(O)cc1-c1cn[nH]c1. The second-order valence-electron chi connectivity index (χ2n) is 9.87. The van der Waals surface area contributed by atoms with E-state index in [9.17, 15) is 5.11 Å². The number of phenolic OH excluding ortho intramolecular Hbond substituents is 1. The van der Waals surface area contributed by atoms with Crippen LogP contribution in [0.25, 0.3) is 22.4 Å². The largest absolute Gasteiger partial charge is 0.507 e. The molecule has 0 spiro atoms. The molecule has 1 aromatic carbocycles. The van der Waals surface area contributed by atoms with Gasteiger partial charge in [0.05, 0.1) is 11.9 Å². The van der Waals surface area contributed by atoms with E-state index in [1.54, 1.807) is 12.3 Å². The predicted octanol–water partition coefficient (Wildman–Crippen LogP) is 4.05. The van der Waals surface area contributed by atoms with Gasteiger partial charge in [-0.05, 0) is 81.8 Å². The van der Waals surface area contributed by atoms with Gasteiger partial charge in [0.15, 0.2) is 5.82 Å². The molecule has 3 atom stereocenters. The van der Waals surface area contributed by atoms with Crippen molar-refractivity contribution < 1.29 is 5.11 Å². The Morgan fingerprint density at radius 1 is 1.06 bits per heavy atom. The van der Waals surface area contributed by atoms with E-state index < -0.39 is 0 Å². The fourth-order valence-corrected chi connectivity index (χ4v) is 5.55. The Morgan fingerprint density at radius 2 is 1.81 bits per heavy atom. The minimum absolute atomic E-state index is 0.188. The third-order valence-corrected chi connectivity index (χ3v) is 7.19. The summed E-state index contributed by atoms with van der Waals surface area (Å²) in [6.07, 6.45) is 8.24. The Labute approximate surface area is 182 Å². The molecule has 3 aromatic rings. The number of phenols is 1. The minimum atomic E-state index is 0.188. The van der Waals surface area contributed by atoms with Crippen molar-refractivity contribution in [3.63, 3.8) is 0 Å². The van der Waals surface area contributed by atoms with Gasteiger partial charge < -0.3 is 15.3 Å². The number of nitrogens with zero attached hydrogens (tertiary/aromatic N) is 4. The number of benzene rings is 1. The quantitative estimate of drug-likeness (QED) is 0.592. The first-order valence-corrected chi connectivity index (χ1v) is 10.9. The summed E-state index contributed by atoms with van der Waals surface area (Å²) in [5.74, 6) is 1.06. The lowest BCUT2D eigenvalue weighted by Gasteiger charge is -2.45. The molecule has 5 rings (SSSR count). The second kappa shape index (κ2) is 7.05. The molecule has 7 heteroatoms. The Bertz CT molecular complexity index is 1080. The first kappa shape index (κ1) is 20.0. The molecule has 2 aromatic heterocycles. The summed E-state index contributed by atoms with van der Waals surface area (Å²) in [5.41, 5.74) is 4.71. The number of aromatic nitrogens is 4. The number of rotatable bonds is 4. The highest BCUT2D eigenvalue weighted by molar-refractivity contribution is 5.76. The van der Waals surface area contributed by atoms with E-state index in [4.69, 9.17) is 0 Å². The highest BCUT2D eigenvalue weighted by Crippen LogP contribution is 2.44. The molecule has 2 saturated heterocycles. The minimum Gasteiger partial charge on any atom is -0.507 e. The van der Waals surface area contributed by atoms with Gasteiger partial charge in [-0.25, -0.2) is 0 Å². The van der Waals surface area contributed by atoms with Crippen LogP contribution in [-0.4, -0.2) is 49.7 Å². The molecule has 162 valence electrons. The average molecular weight is 419 g/mol. The fraction of sp³-hybridized carbons (Fsp3) is 0.458. The third-order valence-electron chi connectivity index (χ3n) is 7.19. The molecule has 31 heavy (non-hydrogen) atoms. The summed E-state index contributed by atoms with van der Waals surface area (Å²) >= 11 is 0. The summed E-state index contributed by atoms with van der Waals surface area (Å²) in [6, 6.07) is 8.11. The highest BCUT2D eigenvalue weighted by atomic mass is 16.3. The highest BCUT2D eigenvalue weighted by Gasteiger charge is 2.49. The van der Waals surface area contributed by atoms with Gasteiger partial charge >= 0.3 is 0 Å². The lowest BCUT2D eigenvalue weighted by atomic mass is 9.84. The summed E-state index contributed by atoms with van der Waals surface area (Å²) in [7, 11) is 2.12. The number of aromatic amines is 1. The van der Waals surface area contributed by atoms with Crippen LogP contribution in [0.15, 0.2) is 36.7 Å². The van der Waals surface area contributed by atoms with Crippen molar-refractivity contribution in [2.24, 2.45) is 0 Å². The lowest BCUT2D eigenvalue weighted by Crippen LogP contribution is -2.58. The molecule has 0 aliphatic carbocycles. The number of aryl methyl sites for hydroxylation is 1. The zero-order valence-electron chi connectivity index (χ0n) is 18.6. The van der Waals surface area contributed by atoms with Gasteiger partial charge in [-0.1, -0.05) is 0 Å². The zero-order valence-corrected chi connectivity index (χ0v) is 18.6. The Balaban J connectivity index is 1.39. The van der Waals surface area contributed by atoms with Gasteiger partial charge in [0, 0.05) is 41.5 Å². The van der Waals surface area contributed by atoms with Crippen LogP contribution >= 0.6 is 0 Å². The molecule has 7 nitrogen and oxygen atoms in total. The molecule has 2 fully saturated rings. The number of H-pyrrole nitrogens is 1. The van der Waals surface area contributed by atoms with Crippen LogP contribution < -0.4 is 10.2 Å². The van der Waals surface area contributed by atoms with Gasteiger partial charge in [-0.3, -0.25) is 5.10 Å². The maximum atomic E-state index is 10.7. The number of anilines is 1. The normalized spacial score (nSPS) is 27.4. The third kappa shape index (κ3) is 3.57. The van der Waals surface area contributed by atoms with Crippen LogP contribution in [0.3, 0.4) is 0 Å². The number of hydrogen-bond acceptors (Lipinski definition) is 6. The standard InChI is InChI=1S/C24H30N6O/c1-15-9-19(21(31)10-18(15)16-13-25-26-14-16)20-5-6-22(28-27-20)30(4)17-11-23(2)7-8-24(3,12-17)29-23/h5-6,9-10,13-14,17,29,31H,7-8,11-12H2,1-4H3,(H,25,26)/t17-,23+,24-. The smallest absolute Gasteiger partial charge is 0.151 e. The monoisotopic (exact) mass is 418 g/mol. The van der Waals surface area contributed by atoms with Gasteiger partial charge in [-0.15, -0.1) is 10.2 Å². The van der Waals surface area contributed by atoms with E-state index >= 15 is 0 Å². The first-order valence-electron chi connectivity index (χ1n) is 10.9. The number of aromatic hydroxyl groups is 1. The number of hydrogen-bond donors (Lipinski definition) is 3. The van der Waals surface area contributed by atoms with Crippen LogP contribution in [0.2, 0.25) is 0 Å². The van der Waals surface area contributed by atoms with E-state index in [1.807, 2.05) is 31.3 Å². The Morgan fingerprint density at radius 3 is 2.42 bits per heavy atom. The van der Waals surface area contributed by atoms with Crippen molar-refractivity contribution in [3.05, 3.63) is 42.2 Å². The molecular formula is C24H30N6O. The van der Waals surface area contributed by atoms with Crippen LogP contribution in [0.1, 0.15) is 45.1 Å². The Hall–Kier alpha value is -2.93. The number of fused-ring (bicyclic) bond motifs is 2. The topological polar surface area (TPSA) is 90.0 Å². The molecular weight excluding hydrogens is 388 g/mol. The lowest BCUT2D eigenvalue weighted by molar-refractivity contribution is 0.207. The first-order chi connectivity index (χ1) is 14.8. The molecule has 0 radical (unpaired) electrons. The zero-order chi connectivity index (χ0) is 21.8. The number of piperidine rings is 1. The molecule has 0 saturated carbocycles.